The van der Waals surface area contributed by atoms with Crippen molar-refractivity contribution in [2.75, 3.05) is 6.54 Å². The Hall–Kier alpha value is -2.87. The Labute approximate surface area is 249 Å². The Kier molecular flexibility index (Phi) is 12.3. The fraction of sp³-hybridized carbons (Fsp3) is 0.562. The first-order valence-electron chi connectivity index (χ1n) is 15.5. The number of hydrogen-bond donors (Lipinski definition) is 3. The van der Waals surface area contributed by atoms with E-state index in [1.807, 2.05) is 0 Å². The van der Waals surface area contributed by atoms with Gasteiger partial charge in [0.15, 0.2) is 0 Å². The second kappa shape index (κ2) is 16.1. The molecule has 10 heteroatoms. The van der Waals surface area contributed by atoms with Gasteiger partial charge in [0.2, 0.25) is 5.91 Å². The first kappa shape index (κ1) is 32.1. The van der Waals surface area contributed by atoms with Crippen LogP contribution in [0.3, 0.4) is 0 Å². The van der Waals surface area contributed by atoms with E-state index in [9.17, 15) is 19.3 Å². The van der Waals surface area contributed by atoms with Crippen LogP contribution in [-0.2, 0) is 14.2 Å². The Morgan fingerprint density at radius 2 is 1.26 bits per heavy atom. The van der Waals surface area contributed by atoms with E-state index in [1.54, 1.807) is 60.7 Å². The molecule has 0 unspecified atom stereocenters. The summed E-state index contributed by atoms with van der Waals surface area (Å²) in [7, 11) is -4.00. The predicted octanol–water partition coefficient (Wildman–Crippen LogP) is 6.55. The van der Waals surface area contributed by atoms with Crippen molar-refractivity contribution < 1.29 is 28.3 Å². The zero-order chi connectivity index (χ0) is 29.8. The molecule has 230 valence electrons. The molecule has 3 aliphatic rings. The normalized spacial score (nSPS) is 20.7. The molecule has 2 saturated carbocycles. The lowest BCUT2D eigenvalue weighted by Crippen LogP contribution is -2.48. The molecular formula is C32H46N3O6P. The monoisotopic (exact) mass is 599 g/mol. The van der Waals surface area contributed by atoms with Crippen molar-refractivity contribution >= 4 is 19.6 Å². The molecule has 0 spiro atoms. The minimum absolute atomic E-state index is 0.309. The molecule has 3 N–H and O–H groups in total. The van der Waals surface area contributed by atoms with Crippen LogP contribution in [0.2, 0.25) is 0 Å². The molecular weight excluding hydrogens is 553 g/mol. The number of para-hydroxylation sites is 2. The summed E-state index contributed by atoms with van der Waals surface area (Å²) in [4.78, 5) is 25.5. The van der Waals surface area contributed by atoms with E-state index in [0.29, 0.717) is 30.9 Å². The van der Waals surface area contributed by atoms with Crippen molar-refractivity contribution in [1.82, 2.24) is 15.3 Å². The maximum absolute atomic E-state index is 13.5. The molecule has 1 aliphatic heterocycles. The highest BCUT2D eigenvalue weighted by molar-refractivity contribution is 7.52. The molecule has 2 aliphatic carbocycles. The van der Waals surface area contributed by atoms with Crippen molar-refractivity contribution in [2.24, 2.45) is 0 Å². The molecule has 2 aromatic carbocycles. The second-order valence-electron chi connectivity index (χ2n) is 11.5. The van der Waals surface area contributed by atoms with Crippen LogP contribution in [0.25, 0.3) is 0 Å². The molecule has 0 aromatic heterocycles. The maximum atomic E-state index is 13.5. The lowest BCUT2D eigenvalue weighted by molar-refractivity contribution is -0.148. The van der Waals surface area contributed by atoms with Gasteiger partial charge >= 0.3 is 13.7 Å². The van der Waals surface area contributed by atoms with Crippen LogP contribution >= 0.6 is 7.75 Å². The summed E-state index contributed by atoms with van der Waals surface area (Å²) in [6.07, 6.45) is 15.6. The number of amides is 1. The molecule has 3 fully saturated rings. The number of carbonyl (C=O) groups is 2. The number of rotatable bonds is 10. The smallest absolute Gasteiger partial charge is 0.480 e. The van der Waals surface area contributed by atoms with Crippen LogP contribution < -0.4 is 19.5 Å². The van der Waals surface area contributed by atoms with E-state index in [-0.39, 0.29) is 0 Å². The van der Waals surface area contributed by atoms with Crippen LogP contribution in [0, 0.1) is 0 Å². The Morgan fingerprint density at radius 1 is 0.786 bits per heavy atom. The molecule has 1 amide bonds. The highest BCUT2D eigenvalue weighted by Gasteiger charge is 2.39. The van der Waals surface area contributed by atoms with Crippen molar-refractivity contribution in [1.29, 1.82) is 0 Å². The van der Waals surface area contributed by atoms with Gasteiger partial charge in [-0.3, -0.25) is 4.79 Å². The molecule has 2 atom stereocenters. The first-order chi connectivity index (χ1) is 20.3. The largest absolute Gasteiger partial charge is 0.513 e. The van der Waals surface area contributed by atoms with E-state index in [0.717, 1.165) is 12.1 Å². The average Bonchev–Trinajstić information content (AvgIpc) is 3.50. The Morgan fingerprint density at radius 3 is 1.71 bits per heavy atom. The molecule has 2 aromatic rings. The van der Waals surface area contributed by atoms with Gasteiger partial charge in [0, 0.05) is 18.6 Å². The summed E-state index contributed by atoms with van der Waals surface area (Å²) in [5, 5.41) is 15.8. The van der Waals surface area contributed by atoms with Gasteiger partial charge in [-0.05, 0) is 69.7 Å². The first-order valence-corrected chi connectivity index (χ1v) is 17.0. The Bertz CT molecular complexity index is 1090. The van der Waals surface area contributed by atoms with E-state index >= 15 is 0 Å². The maximum Gasteiger partial charge on any atom is 0.513 e. The number of benzene rings is 2. The van der Waals surface area contributed by atoms with E-state index in [2.05, 4.69) is 10.4 Å². The number of nitrogens with zero attached hydrogens (tertiary/aromatic N) is 1. The fourth-order valence-electron chi connectivity index (χ4n) is 6.01. The zero-order valence-electron chi connectivity index (χ0n) is 24.7. The number of nitrogens with one attached hydrogen (secondary N) is 2. The van der Waals surface area contributed by atoms with Crippen molar-refractivity contribution in [2.45, 2.75) is 108 Å². The fourth-order valence-corrected chi connectivity index (χ4v) is 7.54. The molecule has 1 heterocycles. The zero-order valence-corrected chi connectivity index (χ0v) is 25.6. The lowest BCUT2D eigenvalue weighted by Gasteiger charge is -2.30. The number of carboxylic acid groups (broad SMARTS) is 1. The summed E-state index contributed by atoms with van der Waals surface area (Å²) in [5.74, 6) is -0.900. The van der Waals surface area contributed by atoms with Crippen LogP contribution in [-0.4, -0.2) is 52.6 Å². The van der Waals surface area contributed by atoms with Gasteiger partial charge in [0.25, 0.3) is 0 Å². The van der Waals surface area contributed by atoms with E-state index < -0.39 is 31.7 Å². The number of likely N-dealkylation sites (tertiary alicyclic amines) is 1. The highest BCUT2D eigenvalue weighted by Crippen LogP contribution is 2.45. The molecule has 9 nitrogen and oxygen atoms in total. The summed E-state index contributed by atoms with van der Waals surface area (Å²) in [6.45, 7) is 1.85. The predicted molar refractivity (Wildman–Crippen MR) is 164 cm³/mol. The van der Waals surface area contributed by atoms with E-state index in [4.69, 9.17) is 9.05 Å². The standard InChI is InChI=1S/C20H23N2O6P.C12H23N/c1-15(19(23)22-14-8-13-18(22)20(24)25)21-29(26,27-16-9-4-2-5-10-16)28-17-11-6-3-7-12-17;1-3-7-11(8-4-1)13-12-9-5-2-6-10-12/h2-7,9-12,15,18H,8,13-14H2,1H3,(H,21,26)(H,24,25);11-13H,1-10H2/t15-,18+;/m1./s1. The third-order valence-electron chi connectivity index (χ3n) is 8.16. The van der Waals surface area contributed by atoms with Gasteiger partial charge in [-0.25, -0.2) is 9.36 Å². The van der Waals surface area contributed by atoms with Gasteiger partial charge in [-0.15, -0.1) is 0 Å². The highest BCUT2D eigenvalue weighted by atomic mass is 31.2. The minimum Gasteiger partial charge on any atom is -0.480 e. The quantitative estimate of drug-likeness (QED) is 0.263. The van der Waals surface area contributed by atoms with E-state index in [1.165, 1.54) is 76.0 Å². The third-order valence-corrected chi connectivity index (χ3v) is 9.77. The summed E-state index contributed by atoms with van der Waals surface area (Å²) in [5.41, 5.74) is 0. The second-order valence-corrected chi connectivity index (χ2v) is 13.1. The molecule has 1 saturated heterocycles. The van der Waals surface area contributed by atoms with Crippen molar-refractivity contribution in [3.8, 4) is 11.5 Å². The molecule has 5 rings (SSSR count). The number of aliphatic carboxylic acids is 1. The van der Waals surface area contributed by atoms with Gasteiger partial charge in [0.1, 0.15) is 17.5 Å². The van der Waals surface area contributed by atoms with Crippen LogP contribution in [0.15, 0.2) is 60.7 Å². The third kappa shape index (κ3) is 9.85. The Balaban J connectivity index is 0.000000258. The van der Waals surface area contributed by atoms with Crippen LogP contribution in [0.4, 0.5) is 0 Å². The van der Waals surface area contributed by atoms with Gasteiger partial charge in [-0.2, -0.15) is 5.09 Å². The van der Waals surface area contributed by atoms with Crippen molar-refractivity contribution in [3.05, 3.63) is 60.7 Å². The van der Waals surface area contributed by atoms with Crippen LogP contribution in [0.1, 0.15) is 84.0 Å². The van der Waals surface area contributed by atoms with Crippen LogP contribution in [0.5, 0.6) is 11.5 Å². The average molecular weight is 600 g/mol. The summed E-state index contributed by atoms with van der Waals surface area (Å²) < 4.78 is 24.7. The molecule has 42 heavy (non-hydrogen) atoms. The van der Waals surface area contributed by atoms with Gasteiger partial charge < -0.3 is 24.4 Å². The lowest BCUT2D eigenvalue weighted by atomic mass is 9.91. The summed E-state index contributed by atoms with van der Waals surface area (Å²) in [6, 6.07) is 16.8. The van der Waals surface area contributed by atoms with Gasteiger partial charge in [-0.1, -0.05) is 74.9 Å². The number of hydrogen-bond acceptors (Lipinski definition) is 6. The number of carboxylic acids is 1. The van der Waals surface area contributed by atoms with Gasteiger partial charge in [0.05, 0.1) is 6.04 Å². The minimum atomic E-state index is -4.00. The SMILES string of the molecule is C1CCC(NC2CCCCC2)CC1.C[C@@H](NP(=O)(Oc1ccccc1)Oc1ccccc1)C(=O)N1CCC[C@H]1C(=O)O. The molecule has 0 radical (unpaired) electrons. The summed E-state index contributed by atoms with van der Waals surface area (Å²) >= 11 is 0. The topological polar surface area (TPSA) is 117 Å². The molecule has 0 bridgehead atoms. The van der Waals surface area contributed by atoms with Crippen molar-refractivity contribution in [3.63, 3.8) is 0 Å². The number of carbonyl (C=O) groups excluding carboxylic acids is 1.